The summed E-state index contributed by atoms with van der Waals surface area (Å²) in [5.41, 5.74) is 5.67. The van der Waals surface area contributed by atoms with Gasteiger partial charge in [0.05, 0.1) is 6.04 Å². The molecule has 0 aliphatic heterocycles. The second kappa shape index (κ2) is 6.00. The van der Waals surface area contributed by atoms with Crippen LogP contribution in [0.5, 0.6) is 0 Å². The number of rotatable bonds is 3. The molecule has 0 heterocycles. The highest BCUT2D eigenvalue weighted by Crippen LogP contribution is 2.33. The zero-order valence-corrected chi connectivity index (χ0v) is 14.6. The van der Waals surface area contributed by atoms with E-state index < -0.39 is 0 Å². The van der Waals surface area contributed by atoms with Gasteiger partial charge in [0.1, 0.15) is 0 Å². The lowest BCUT2D eigenvalue weighted by molar-refractivity contribution is 0.688. The van der Waals surface area contributed by atoms with Gasteiger partial charge >= 0.3 is 0 Å². The first-order valence-electron chi connectivity index (χ1n) is 6.93. The molecular weight excluding hydrogens is 378 g/mol. The van der Waals surface area contributed by atoms with Crippen LogP contribution in [0.3, 0.4) is 0 Å². The van der Waals surface area contributed by atoms with Crippen LogP contribution in [0.2, 0.25) is 0 Å². The van der Waals surface area contributed by atoms with Crippen LogP contribution in [0.1, 0.15) is 34.7 Å². The van der Waals surface area contributed by atoms with Gasteiger partial charge in [-0.3, -0.25) is 0 Å². The summed E-state index contributed by atoms with van der Waals surface area (Å²) in [7, 11) is 2.02. The Bertz CT molecular complexity index is 637. The molecule has 0 amide bonds. The van der Waals surface area contributed by atoms with E-state index in [0.29, 0.717) is 0 Å². The van der Waals surface area contributed by atoms with E-state index in [1.54, 1.807) is 0 Å². The van der Waals surface area contributed by atoms with E-state index in [0.717, 1.165) is 8.95 Å². The molecule has 0 radical (unpaired) electrons. The predicted octanol–water partition coefficient (Wildman–Crippen LogP) is 5.01. The average molecular weight is 395 g/mol. The van der Waals surface area contributed by atoms with E-state index >= 15 is 0 Å². The Morgan fingerprint density at radius 3 is 2.55 bits per heavy atom. The molecule has 0 fully saturated rings. The van der Waals surface area contributed by atoms with Gasteiger partial charge in [0.25, 0.3) is 0 Å². The Hall–Kier alpha value is -0.640. The van der Waals surface area contributed by atoms with Crippen molar-refractivity contribution >= 4 is 31.9 Å². The molecular formula is C17H17Br2N. The maximum Gasteiger partial charge on any atom is 0.0585 e. The van der Waals surface area contributed by atoms with Gasteiger partial charge in [0.15, 0.2) is 0 Å². The third-order valence-electron chi connectivity index (χ3n) is 4.02. The molecule has 1 nitrogen and oxygen atoms in total. The number of halogens is 2. The summed E-state index contributed by atoms with van der Waals surface area (Å²) in [5, 5.41) is 3.44. The molecule has 1 atom stereocenters. The van der Waals surface area contributed by atoms with Gasteiger partial charge in [-0.15, -0.1) is 0 Å². The van der Waals surface area contributed by atoms with Gasteiger partial charge in [-0.05, 0) is 60.7 Å². The van der Waals surface area contributed by atoms with Crippen LogP contribution in [0, 0.1) is 0 Å². The fraction of sp³-hybridized carbons (Fsp3) is 0.294. The van der Waals surface area contributed by atoms with Crippen LogP contribution < -0.4 is 5.32 Å². The number of benzene rings is 2. The third-order valence-corrected chi connectivity index (χ3v) is 5.20. The SMILES string of the molecule is CNC(c1ccc2c(c1)CCC2)c1ccc(Br)cc1Br. The van der Waals surface area contributed by atoms with E-state index in [-0.39, 0.29) is 6.04 Å². The van der Waals surface area contributed by atoms with E-state index in [9.17, 15) is 0 Å². The summed E-state index contributed by atoms with van der Waals surface area (Å²) in [5.74, 6) is 0. The number of hydrogen-bond acceptors (Lipinski definition) is 1. The lowest BCUT2D eigenvalue weighted by atomic mass is 9.96. The largest absolute Gasteiger partial charge is 0.309 e. The first kappa shape index (κ1) is 14.3. The molecule has 1 aliphatic rings. The molecule has 1 aliphatic carbocycles. The Morgan fingerprint density at radius 1 is 1.00 bits per heavy atom. The quantitative estimate of drug-likeness (QED) is 0.771. The van der Waals surface area contributed by atoms with Crippen molar-refractivity contribution in [2.75, 3.05) is 7.05 Å². The average Bonchev–Trinajstić information content (AvgIpc) is 2.89. The lowest BCUT2D eigenvalue weighted by Crippen LogP contribution is -2.18. The molecule has 0 spiro atoms. The lowest BCUT2D eigenvalue weighted by Gasteiger charge is -2.20. The first-order valence-corrected chi connectivity index (χ1v) is 8.51. The van der Waals surface area contributed by atoms with Crippen molar-refractivity contribution < 1.29 is 0 Å². The normalized spacial score (nSPS) is 15.2. The molecule has 104 valence electrons. The molecule has 3 heteroatoms. The molecule has 0 saturated heterocycles. The van der Waals surface area contributed by atoms with E-state index in [4.69, 9.17) is 0 Å². The van der Waals surface area contributed by atoms with Crippen molar-refractivity contribution in [2.24, 2.45) is 0 Å². The smallest absolute Gasteiger partial charge is 0.0585 e. The van der Waals surface area contributed by atoms with Crippen LogP contribution in [0.4, 0.5) is 0 Å². The molecule has 1 unspecified atom stereocenters. The van der Waals surface area contributed by atoms with Crippen molar-refractivity contribution in [3.63, 3.8) is 0 Å². The zero-order valence-electron chi connectivity index (χ0n) is 11.4. The minimum absolute atomic E-state index is 0.225. The maximum absolute atomic E-state index is 3.68. The third kappa shape index (κ3) is 2.72. The van der Waals surface area contributed by atoms with Crippen molar-refractivity contribution in [2.45, 2.75) is 25.3 Å². The molecule has 20 heavy (non-hydrogen) atoms. The van der Waals surface area contributed by atoms with Crippen LogP contribution in [-0.4, -0.2) is 7.05 Å². The van der Waals surface area contributed by atoms with E-state index in [1.165, 1.54) is 41.5 Å². The summed E-state index contributed by atoms with van der Waals surface area (Å²) < 4.78 is 2.23. The fourth-order valence-electron chi connectivity index (χ4n) is 3.01. The standard InChI is InChI=1S/C17H17Br2N/c1-20-17(15-8-7-14(18)10-16(15)19)13-6-5-11-3-2-4-12(11)9-13/h5-10,17,20H,2-4H2,1H3. The number of fused-ring (bicyclic) bond motifs is 1. The van der Waals surface area contributed by atoms with E-state index in [2.05, 4.69) is 73.6 Å². The summed E-state index contributed by atoms with van der Waals surface area (Å²) in [6, 6.07) is 13.5. The Labute approximate surface area is 137 Å². The van der Waals surface area contributed by atoms with Gasteiger partial charge in [0, 0.05) is 8.95 Å². The van der Waals surface area contributed by atoms with Crippen LogP contribution in [0.15, 0.2) is 45.3 Å². The number of aryl methyl sites for hydroxylation is 2. The topological polar surface area (TPSA) is 12.0 Å². The highest BCUT2D eigenvalue weighted by Gasteiger charge is 2.18. The van der Waals surface area contributed by atoms with Gasteiger partial charge in [0.2, 0.25) is 0 Å². The van der Waals surface area contributed by atoms with Crippen LogP contribution >= 0.6 is 31.9 Å². The molecule has 0 bridgehead atoms. The number of hydrogen-bond donors (Lipinski definition) is 1. The van der Waals surface area contributed by atoms with Gasteiger partial charge in [-0.2, -0.15) is 0 Å². The molecule has 1 N–H and O–H groups in total. The number of nitrogens with one attached hydrogen (secondary N) is 1. The van der Waals surface area contributed by atoms with Crippen LogP contribution in [-0.2, 0) is 12.8 Å². The van der Waals surface area contributed by atoms with Crippen molar-refractivity contribution in [1.82, 2.24) is 5.32 Å². The second-order valence-corrected chi connectivity index (χ2v) is 7.04. The Kier molecular flexibility index (Phi) is 4.29. The molecule has 3 rings (SSSR count). The highest BCUT2D eigenvalue weighted by molar-refractivity contribution is 9.11. The van der Waals surface area contributed by atoms with Crippen LogP contribution in [0.25, 0.3) is 0 Å². The molecule has 0 saturated carbocycles. The molecule has 2 aromatic carbocycles. The summed E-state index contributed by atoms with van der Waals surface area (Å²) >= 11 is 7.19. The van der Waals surface area contributed by atoms with Crippen molar-refractivity contribution in [3.05, 3.63) is 67.6 Å². The Balaban J connectivity index is 2.01. The van der Waals surface area contributed by atoms with Gasteiger partial charge in [-0.1, -0.05) is 56.1 Å². The predicted molar refractivity (Wildman–Crippen MR) is 91.2 cm³/mol. The van der Waals surface area contributed by atoms with Crippen molar-refractivity contribution in [1.29, 1.82) is 0 Å². The highest BCUT2D eigenvalue weighted by atomic mass is 79.9. The zero-order chi connectivity index (χ0) is 14.1. The first-order chi connectivity index (χ1) is 9.69. The maximum atomic E-state index is 3.68. The van der Waals surface area contributed by atoms with E-state index in [1.807, 2.05) is 7.05 Å². The summed E-state index contributed by atoms with van der Waals surface area (Å²) in [6.45, 7) is 0. The second-order valence-electron chi connectivity index (χ2n) is 5.27. The molecule has 0 aromatic heterocycles. The fourth-order valence-corrected chi connectivity index (χ4v) is 4.28. The summed E-state index contributed by atoms with van der Waals surface area (Å²) in [4.78, 5) is 0. The van der Waals surface area contributed by atoms with Crippen molar-refractivity contribution in [3.8, 4) is 0 Å². The van der Waals surface area contributed by atoms with Gasteiger partial charge < -0.3 is 5.32 Å². The Morgan fingerprint density at radius 2 is 1.80 bits per heavy atom. The monoisotopic (exact) mass is 393 g/mol. The van der Waals surface area contributed by atoms with Gasteiger partial charge in [-0.25, -0.2) is 0 Å². The molecule has 2 aromatic rings. The minimum atomic E-state index is 0.225. The summed E-state index contributed by atoms with van der Waals surface area (Å²) in [6.07, 6.45) is 3.76. The minimum Gasteiger partial charge on any atom is -0.309 e.